The number of aryl methyl sites for hydroxylation is 1. The first-order chi connectivity index (χ1) is 10.4. The third-order valence-corrected chi connectivity index (χ3v) is 3.82. The summed E-state index contributed by atoms with van der Waals surface area (Å²) in [7, 11) is 0. The lowest BCUT2D eigenvalue weighted by Crippen LogP contribution is -2.30. The summed E-state index contributed by atoms with van der Waals surface area (Å²) in [5.41, 5.74) is 3.30. The Morgan fingerprint density at radius 3 is 2.64 bits per heavy atom. The molecule has 0 aliphatic rings. The number of hydrogen-bond acceptors (Lipinski definition) is 6. The Labute approximate surface area is 134 Å². The van der Waals surface area contributed by atoms with Crippen LogP contribution < -0.4 is 10.6 Å². The van der Waals surface area contributed by atoms with Crippen LogP contribution in [0.3, 0.4) is 0 Å². The highest BCUT2D eigenvalue weighted by atomic mass is 32.1. The van der Waals surface area contributed by atoms with Crippen molar-refractivity contribution in [3.63, 3.8) is 0 Å². The van der Waals surface area contributed by atoms with Crippen LogP contribution in [0.4, 0.5) is 5.82 Å². The molecule has 0 unspecified atom stereocenters. The van der Waals surface area contributed by atoms with Crippen LogP contribution in [0.2, 0.25) is 0 Å². The van der Waals surface area contributed by atoms with Crippen LogP contribution >= 0.6 is 11.3 Å². The topological polar surface area (TPSA) is 79.8 Å². The van der Waals surface area contributed by atoms with Crippen LogP contribution in [0.5, 0.6) is 0 Å². The summed E-state index contributed by atoms with van der Waals surface area (Å²) in [6.07, 6.45) is 0. The summed E-state index contributed by atoms with van der Waals surface area (Å²) in [6.45, 7) is 9.14. The first kappa shape index (κ1) is 16.4. The van der Waals surface area contributed by atoms with Gasteiger partial charge in [0.15, 0.2) is 0 Å². The second-order valence-corrected chi connectivity index (χ2v) is 6.88. The summed E-state index contributed by atoms with van der Waals surface area (Å²) in [5.74, 6) is 0.622. The summed E-state index contributed by atoms with van der Waals surface area (Å²) in [6, 6.07) is 3.76. The van der Waals surface area contributed by atoms with Crippen LogP contribution in [0, 0.1) is 6.92 Å². The minimum Gasteiger partial charge on any atom is -0.367 e. The van der Waals surface area contributed by atoms with E-state index in [9.17, 15) is 4.79 Å². The average molecular weight is 319 g/mol. The molecular weight excluding hydrogens is 298 g/mol. The number of nitrogens with zero attached hydrogens (tertiary/aromatic N) is 3. The highest BCUT2D eigenvalue weighted by molar-refractivity contribution is 7.11. The third-order valence-electron chi connectivity index (χ3n) is 3.00. The minimum atomic E-state index is -0.136. The van der Waals surface area contributed by atoms with E-state index in [1.54, 1.807) is 5.51 Å². The Hall–Kier alpha value is -2.02. The first-order valence-electron chi connectivity index (χ1n) is 7.14. The Balaban J connectivity index is 1.83. The zero-order valence-electron chi connectivity index (χ0n) is 13.3. The van der Waals surface area contributed by atoms with Crippen molar-refractivity contribution in [2.45, 2.75) is 33.1 Å². The molecule has 1 amide bonds. The van der Waals surface area contributed by atoms with Crippen molar-refractivity contribution in [1.29, 1.82) is 0 Å². The van der Waals surface area contributed by atoms with Gasteiger partial charge in [-0.1, -0.05) is 20.8 Å². The van der Waals surface area contributed by atoms with E-state index in [1.165, 1.54) is 11.3 Å². The highest BCUT2D eigenvalue weighted by Gasteiger charge is 2.24. The largest absolute Gasteiger partial charge is 0.367 e. The zero-order valence-corrected chi connectivity index (χ0v) is 14.1. The lowest BCUT2D eigenvalue weighted by molar-refractivity contribution is 0.0957. The van der Waals surface area contributed by atoms with Crippen molar-refractivity contribution in [2.24, 2.45) is 0 Å². The fraction of sp³-hybridized carbons (Fsp3) is 0.467. The Morgan fingerprint density at radius 1 is 1.23 bits per heavy atom. The number of carbonyl (C=O) groups excluding carboxylic acids is 1. The number of nitrogens with one attached hydrogen (secondary N) is 2. The van der Waals surface area contributed by atoms with E-state index < -0.39 is 0 Å². The van der Waals surface area contributed by atoms with Crippen LogP contribution in [0.25, 0.3) is 0 Å². The van der Waals surface area contributed by atoms with Crippen molar-refractivity contribution < 1.29 is 4.79 Å². The predicted molar refractivity (Wildman–Crippen MR) is 88.4 cm³/mol. The maximum absolute atomic E-state index is 12.2. The van der Waals surface area contributed by atoms with Crippen LogP contribution in [-0.4, -0.2) is 34.2 Å². The number of amides is 1. The van der Waals surface area contributed by atoms with Crippen molar-refractivity contribution in [1.82, 2.24) is 20.5 Å². The van der Waals surface area contributed by atoms with Crippen molar-refractivity contribution in [2.75, 3.05) is 18.4 Å². The van der Waals surface area contributed by atoms with Crippen LogP contribution in [0.15, 0.2) is 17.6 Å². The van der Waals surface area contributed by atoms with E-state index in [0.717, 1.165) is 11.4 Å². The lowest BCUT2D eigenvalue weighted by Gasteiger charge is -2.17. The summed E-state index contributed by atoms with van der Waals surface area (Å²) < 4.78 is 0. The molecule has 0 fully saturated rings. The number of carbonyl (C=O) groups is 1. The quantitative estimate of drug-likeness (QED) is 0.827. The zero-order chi connectivity index (χ0) is 16.2. The van der Waals surface area contributed by atoms with E-state index in [2.05, 4.69) is 46.6 Å². The second kappa shape index (κ2) is 6.83. The number of rotatable bonds is 5. The highest BCUT2D eigenvalue weighted by Crippen LogP contribution is 2.26. The first-order valence-corrected chi connectivity index (χ1v) is 8.02. The van der Waals surface area contributed by atoms with Crippen LogP contribution in [-0.2, 0) is 5.41 Å². The molecule has 2 aromatic heterocycles. The molecule has 0 atom stereocenters. The molecule has 7 heteroatoms. The maximum atomic E-state index is 12.2. The van der Waals surface area contributed by atoms with Gasteiger partial charge in [-0.3, -0.25) is 4.79 Å². The molecule has 0 spiro atoms. The fourth-order valence-electron chi connectivity index (χ4n) is 1.88. The number of thiazole rings is 1. The van der Waals surface area contributed by atoms with Gasteiger partial charge in [0.2, 0.25) is 0 Å². The molecule has 0 saturated carbocycles. The van der Waals surface area contributed by atoms with E-state index >= 15 is 0 Å². The maximum Gasteiger partial charge on any atom is 0.263 e. The Kier molecular flexibility index (Phi) is 5.07. The molecule has 118 valence electrons. The molecule has 0 aliphatic carbocycles. The molecule has 22 heavy (non-hydrogen) atoms. The molecule has 2 heterocycles. The molecule has 2 N–H and O–H groups in total. The van der Waals surface area contributed by atoms with Gasteiger partial charge < -0.3 is 10.6 Å². The van der Waals surface area contributed by atoms with Gasteiger partial charge in [-0.05, 0) is 19.1 Å². The average Bonchev–Trinajstić information content (AvgIpc) is 2.95. The normalized spacial score (nSPS) is 11.3. The van der Waals surface area contributed by atoms with E-state index in [0.29, 0.717) is 23.8 Å². The van der Waals surface area contributed by atoms with Crippen molar-refractivity contribution >= 4 is 23.1 Å². The SMILES string of the molecule is Cc1ccc(NCCNC(=O)c2scnc2C(C)(C)C)nn1. The number of aromatic nitrogens is 3. The molecule has 0 saturated heterocycles. The summed E-state index contributed by atoms with van der Waals surface area (Å²) >= 11 is 1.37. The standard InChI is InChI=1S/C15H21N5OS/c1-10-5-6-11(20-19-10)16-7-8-17-14(21)12-13(15(2,3)4)18-9-22-12/h5-6,9H,7-8H2,1-4H3,(H,16,20)(H,17,21). The number of anilines is 1. The molecule has 0 bridgehead atoms. The molecule has 0 aromatic carbocycles. The van der Waals surface area contributed by atoms with Gasteiger partial charge in [-0.2, -0.15) is 5.10 Å². The molecule has 2 aromatic rings. The predicted octanol–water partition coefficient (Wildman–Crippen LogP) is 2.38. The molecule has 0 radical (unpaired) electrons. The number of hydrogen-bond donors (Lipinski definition) is 2. The van der Waals surface area contributed by atoms with Gasteiger partial charge in [0.05, 0.1) is 16.9 Å². The van der Waals surface area contributed by atoms with Crippen molar-refractivity contribution in [3.8, 4) is 0 Å². The van der Waals surface area contributed by atoms with E-state index in [1.807, 2.05) is 19.1 Å². The van der Waals surface area contributed by atoms with Gasteiger partial charge >= 0.3 is 0 Å². The smallest absolute Gasteiger partial charge is 0.263 e. The van der Waals surface area contributed by atoms with E-state index in [4.69, 9.17) is 0 Å². The minimum absolute atomic E-state index is 0.0794. The van der Waals surface area contributed by atoms with Crippen LogP contribution in [0.1, 0.15) is 41.8 Å². The third kappa shape index (κ3) is 4.24. The van der Waals surface area contributed by atoms with Gasteiger partial charge in [0.1, 0.15) is 10.7 Å². The van der Waals surface area contributed by atoms with Gasteiger partial charge in [0, 0.05) is 18.5 Å². The summed E-state index contributed by atoms with van der Waals surface area (Å²) in [5, 5.41) is 14.0. The van der Waals surface area contributed by atoms with Gasteiger partial charge in [-0.15, -0.1) is 16.4 Å². The second-order valence-electron chi connectivity index (χ2n) is 6.02. The monoisotopic (exact) mass is 319 g/mol. The lowest BCUT2D eigenvalue weighted by atomic mass is 9.91. The van der Waals surface area contributed by atoms with Crippen molar-refractivity contribution in [3.05, 3.63) is 33.9 Å². The Morgan fingerprint density at radius 2 is 2.00 bits per heavy atom. The molecular formula is C15H21N5OS. The van der Waals surface area contributed by atoms with E-state index in [-0.39, 0.29) is 11.3 Å². The Bertz CT molecular complexity index is 630. The van der Waals surface area contributed by atoms with Gasteiger partial charge in [0.25, 0.3) is 5.91 Å². The molecule has 2 rings (SSSR count). The van der Waals surface area contributed by atoms with Gasteiger partial charge in [-0.25, -0.2) is 4.98 Å². The molecule has 0 aliphatic heterocycles. The molecule has 6 nitrogen and oxygen atoms in total. The summed E-state index contributed by atoms with van der Waals surface area (Å²) in [4.78, 5) is 17.2. The fourth-order valence-corrected chi connectivity index (χ4v) is 2.79.